The van der Waals surface area contributed by atoms with E-state index in [0.717, 1.165) is 29.7 Å². The molecule has 4 nitrogen and oxygen atoms in total. The van der Waals surface area contributed by atoms with Gasteiger partial charge in [0, 0.05) is 13.7 Å². The predicted molar refractivity (Wildman–Crippen MR) is 68.9 cm³/mol. The molecule has 0 amide bonds. The Morgan fingerprint density at radius 1 is 1.47 bits per heavy atom. The number of aromatic nitrogens is 2. The maximum Gasteiger partial charge on any atom is 0.124 e. The molecule has 0 aliphatic rings. The van der Waals surface area contributed by atoms with Crippen molar-refractivity contribution in [3.63, 3.8) is 0 Å². The zero-order valence-electron chi connectivity index (χ0n) is 10.4. The Morgan fingerprint density at radius 2 is 2.29 bits per heavy atom. The number of methoxy groups -OCH3 is 1. The number of nitrogens with zero attached hydrogens (tertiary/aromatic N) is 1. The highest BCUT2D eigenvalue weighted by atomic mass is 16.5. The van der Waals surface area contributed by atoms with Crippen molar-refractivity contribution < 1.29 is 4.74 Å². The Hall–Kier alpha value is -1.39. The molecule has 2 aromatic rings. The van der Waals surface area contributed by atoms with Crippen molar-refractivity contribution in [2.24, 2.45) is 5.73 Å². The quantitative estimate of drug-likeness (QED) is 0.831. The molecule has 0 spiro atoms. The standard InChI is InChI=1S/C13H19N3O/c1-3-9-4-5-11-12(8-9)16-13(15-11)10(14)6-7-17-2/h4-5,8,10H,3,6-7,14H2,1-2H3,(H,15,16). The molecule has 0 fully saturated rings. The van der Waals surface area contributed by atoms with Gasteiger partial charge in [-0.2, -0.15) is 0 Å². The molecule has 1 heterocycles. The Labute approximate surface area is 101 Å². The fraction of sp³-hybridized carbons (Fsp3) is 0.462. The summed E-state index contributed by atoms with van der Waals surface area (Å²) in [6.07, 6.45) is 1.80. The summed E-state index contributed by atoms with van der Waals surface area (Å²) < 4.78 is 5.02. The second-order valence-electron chi connectivity index (χ2n) is 4.22. The lowest BCUT2D eigenvalue weighted by Crippen LogP contribution is -2.14. The first-order valence-corrected chi connectivity index (χ1v) is 5.97. The van der Waals surface area contributed by atoms with Crippen LogP contribution >= 0.6 is 0 Å². The van der Waals surface area contributed by atoms with Gasteiger partial charge in [-0.15, -0.1) is 0 Å². The minimum absolute atomic E-state index is 0.0903. The molecule has 0 radical (unpaired) electrons. The summed E-state index contributed by atoms with van der Waals surface area (Å²) >= 11 is 0. The molecule has 1 aromatic heterocycles. The van der Waals surface area contributed by atoms with E-state index in [1.807, 2.05) is 6.07 Å². The maximum atomic E-state index is 6.04. The number of imidazole rings is 1. The van der Waals surface area contributed by atoms with Crippen LogP contribution in [0.15, 0.2) is 18.2 Å². The summed E-state index contributed by atoms with van der Waals surface area (Å²) in [5, 5.41) is 0. The molecule has 1 unspecified atom stereocenters. The Balaban J connectivity index is 2.24. The largest absolute Gasteiger partial charge is 0.385 e. The van der Waals surface area contributed by atoms with Gasteiger partial charge in [-0.3, -0.25) is 0 Å². The lowest BCUT2D eigenvalue weighted by atomic mass is 10.1. The summed E-state index contributed by atoms with van der Waals surface area (Å²) in [6.45, 7) is 2.79. The van der Waals surface area contributed by atoms with Gasteiger partial charge in [0.2, 0.25) is 0 Å². The van der Waals surface area contributed by atoms with Crippen LogP contribution in [0.3, 0.4) is 0 Å². The highest BCUT2D eigenvalue weighted by Crippen LogP contribution is 2.18. The molecule has 0 saturated carbocycles. The number of hydrogen-bond acceptors (Lipinski definition) is 3. The second kappa shape index (κ2) is 5.29. The fourth-order valence-corrected chi connectivity index (χ4v) is 1.85. The summed E-state index contributed by atoms with van der Waals surface area (Å²) in [5.41, 5.74) is 9.38. The van der Waals surface area contributed by atoms with E-state index in [1.165, 1.54) is 5.56 Å². The van der Waals surface area contributed by atoms with Crippen molar-refractivity contribution in [2.75, 3.05) is 13.7 Å². The van der Waals surface area contributed by atoms with Crippen molar-refractivity contribution in [1.82, 2.24) is 9.97 Å². The third kappa shape index (κ3) is 2.65. The van der Waals surface area contributed by atoms with E-state index in [0.29, 0.717) is 6.61 Å². The van der Waals surface area contributed by atoms with E-state index in [2.05, 4.69) is 29.0 Å². The van der Waals surface area contributed by atoms with E-state index >= 15 is 0 Å². The number of H-pyrrole nitrogens is 1. The zero-order chi connectivity index (χ0) is 12.3. The molecule has 92 valence electrons. The van der Waals surface area contributed by atoms with E-state index in [4.69, 9.17) is 10.5 Å². The lowest BCUT2D eigenvalue weighted by molar-refractivity contribution is 0.187. The van der Waals surface area contributed by atoms with Crippen LogP contribution in [0.5, 0.6) is 0 Å². The van der Waals surface area contributed by atoms with Gasteiger partial charge >= 0.3 is 0 Å². The zero-order valence-corrected chi connectivity index (χ0v) is 10.4. The van der Waals surface area contributed by atoms with E-state index in [9.17, 15) is 0 Å². The van der Waals surface area contributed by atoms with Gasteiger partial charge in [0.15, 0.2) is 0 Å². The van der Waals surface area contributed by atoms with Crippen LogP contribution in [0.1, 0.15) is 30.8 Å². The average molecular weight is 233 g/mol. The van der Waals surface area contributed by atoms with Gasteiger partial charge in [-0.25, -0.2) is 4.98 Å². The van der Waals surface area contributed by atoms with Crippen LogP contribution in [0.4, 0.5) is 0 Å². The summed E-state index contributed by atoms with van der Waals surface area (Å²) in [7, 11) is 1.68. The van der Waals surface area contributed by atoms with Gasteiger partial charge in [-0.1, -0.05) is 13.0 Å². The molecule has 0 bridgehead atoms. The monoisotopic (exact) mass is 233 g/mol. The van der Waals surface area contributed by atoms with Crippen LogP contribution in [-0.4, -0.2) is 23.7 Å². The Kier molecular flexibility index (Phi) is 3.76. The third-order valence-electron chi connectivity index (χ3n) is 2.96. The van der Waals surface area contributed by atoms with Crippen LogP contribution in [0.2, 0.25) is 0 Å². The lowest BCUT2D eigenvalue weighted by Gasteiger charge is -2.06. The van der Waals surface area contributed by atoms with Gasteiger partial charge in [0.1, 0.15) is 5.82 Å². The SMILES string of the molecule is CCc1ccc2nc(C(N)CCOC)[nH]c2c1. The first kappa shape index (κ1) is 12.1. The Bertz CT molecular complexity index is 492. The second-order valence-corrected chi connectivity index (χ2v) is 4.22. The smallest absolute Gasteiger partial charge is 0.124 e. The Morgan fingerprint density at radius 3 is 3.00 bits per heavy atom. The molecule has 4 heteroatoms. The molecule has 0 aliphatic heterocycles. The topological polar surface area (TPSA) is 63.9 Å². The minimum Gasteiger partial charge on any atom is -0.385 e. The first-order valence-electron chi connectivity index (χ1n) is 5.97. The van der Waals surface area contributed by atoms with Crippen molar-refractivity contribution in [3.05, 3.63) is 29.6 Å². The average Bonchev–Trinajstić information content (AvgIpc) is 2.78. The number of aryl methyl sites for hydroxylation is 1. The van der Waals surface area contributed by atoms with Crippen molar-refractivity contribution in [3.8, 4) is 0 Å². The van der Waals surface area contributed by atoms with Crippen LogP contribution < -0.4 is 5.73 Å². The molecule has 3 N–H and O–H groups in total. The summed E-state index contributed by atoms with van der Waals surface area (Å²) in [5.74, 6) is 0.838. The number of fused-ring (bicyclic) bond motifs is 1. The third-order valence-corrected chi connectivity index (χ3v) is 2.96. The van der Waals surface area contributed by atoms with Gasteiger partial charge in [0.25, 0.3) is 0 Å². The molecular weight excluding hydrogens is 214 g/mol. The van der Waals surface area contributed by atoms with Gasteiger partial charge in [-0.05, 0) is 30.5 Å². The highest BCUT2D eigenvalue weighted by Gasteiger charge is 2.11. The molecule has 0 saturated heterocycles. The fourth-order valence-electron chi connectivity index (χ4n) is 1.85. The van der Waals surface area contributed by atoms with Crippen molar-refractivity contribution >= 4 is 11.0 Å². The first-order chi connectivity index (χ1) is 8.24. The molecule has 2 rings (SSSR count). The predicted octanol–water partition coefficient (Wildman–Crippen LogP) is 2.16. The van der Waals surface area contributed by atoms with Gasteiger partial charge in [0.05, 0.1) is 17.1 Å². The van der Waals surface area contributed by atoms with Crippen molar-refractivity contribution in [1.29, 1.82) is 0 Å². The number of rotatable bonds is 5. The number of ether oxygens (including phenoxy) is 1. The summed E-state index contributed by atoms with van der Waals surface area (Å²) in [4.78, 5) is 7.79. The number of benzene rings is 1. The number of nitrogens with one attached hydrogen (secondary N) is 1. The van der Waals surface area contributed by atoms with Crippen LogP contribution in [0.25, 0.3) is 11.0 Å². The number of aromatic amines is 1. The number of nitrogens with two attached hydrogens (primary N) is 1. The molecule has 17 heavy (non-hydrogen) atoms. The maximum absolute atomic E-state index is 6.04. The molecule has 1 aromatic carbocycles. The molecule has 0 aliphatic carbocycles. The van der Waals surface area contributed by atoms with Crippen LogP contribution in [-0.2, 0) is 11.2 Å². The highest BCUT2D eigenvalue weighted by molar-refractivity contribution is 5.75. The van der Waals surface area contributed by atoms with Crippen molar-refractivity contribution in [2.45, 2.75) is 25.8 Å². The molecule has 1 atom stereocenters. The van der Waals surface area contributed by atoms with E-state index in [1.54, 1.807) is 7.11 Å². The normalized spacial score (nSPS) is 13.1. The summed E-state index contributed by atoms with van der Waals surface area (Å²) in [6, 6.07) is 6.19. The van der Waals surface area contributed by atoms with E-state index in [-0.39, 0.29) is 6.04 Å². The molecular formula is C13H19N3O. The minimum atomic E-state index is -0.0903. The van der Waals surface area contributed by atoms with E-state index < -0.39 is 0 Å². The van der Waals surface area contributed by atoms with Gasteiger partial charge < -0.3 is 15.5 Å². The number of hydrogen-bond donors (Lipinski definition) is 2. The van der Waals surface area contributed by atoms with Crippen LogP contribution in [0, 0.1) is 0 Å².